The zero-order chi connectivity index (χ0) is 10.6. The predicted octanol–water partition coefficient (Wildman–Crippen LogP) is 0.531. The maximum atomic E-state index is 9.82. The van der Waals surface area contributed by atoms with Crippen molar-refractivity contribution in [3.8, 4) is 0 Å². The Morgan fingerprint density at radius 2 is 1.75 bits per heavy atom. The second-order valence-corrected chi connectivity index (χ2v) is 2.17. The van der Waals surface area contributed by atoms with E-state index in [-0.39, 0.29) is 5.97 Å². The van der Waals surface area contributed by atoms with Gasteiger partial charge in [0.2, 0.25) is 0 Å². The summed E-state index contributed by atoms with van der Waals surface area (Å²) in [6, 6.07) is 0.333. The van der Waals surface area contributed by atoms with Crippen LogP contribution in [-0.4, -0.2) is 30.8 Å². The van der Waals surface area contributed by atoms with Crippen LogP contribution in [0.15, 0.2) is 0 Å². The minimum Gasteiger partial charge on any atom is -0.466 e. The van der Waals surface area contributed by atoms with Crippen molar-refractivity contribution >= 4 is 5.97 Å². The van der Waals surface area contributed by atoms with Crippen LogP contribution in [0.3, 0.4) is 0 Å². The molecule has 0 aliphatic carbocycles. The minimum absolute atomic E-state index is 0.211. The van der Waals surface area contributed by atoms with Gasteiger partial charge in [-0.1, -0.05) is 13.8 Å². The number of carbonyl (C=O) groups is 1. The van der Waals surface area contributed by atoms with Gasteiger partial charge in [0.1, 0.15) is 0 Å². The molecule has 0 aliphatic heterocycles. The lowest BCUT2D eigenvalue weighted by atomic mass is 10.5. The molecule has 0 rings (SSSR count). The first-order chi connectivity index (χ1) is 5.50. The SMILES string of the molecule is CC(C)N.CCOC(C)=O.CO. The van der Waals surface area contributed by atoms with E-state index in [0.29, 0.717) is 12.6 Å². The highest BCUT2D eigenvalue weighted by Crippen LogP contribution is 1.69. The Labute approximate surface area is 74.7 Å². The van der Waals surface area contributed by atoms with E-state index < -0.39 is 0 Å². The van der Waals surface area contributed by atoms with Crippen LogP contribution in [0.4, 0.5) is 0 Å². The predicted molar refractivity (Wildman–Crippen MR) is 49.8 cm³/mol. The Balaban J connectivity index is -0.000000118. The van der Waals surface area contributed by atoms with Gasteiger partial charge in [0.05, 0.1) is 6.61 Å². The average Bonchev–Trinajstić information content (AvgIpc) is 1.90. The van der Waals surface area contributed by atoms with Gasteiger partial charge in [0.25, 0.3) is 0 Å². The van der Waals surface area contributed by atoms with Gasteiger partial charge in [0, 0.05) is 14.0 Å². The summed E-state index contributed by atoms with van der Waals surface area (Å²) in [6.45, 7) is 7.54. The molecular formula is C8H21NO3. The third-order valence-electron chi connectivity index (χ3n) is 0.348. The molecule has 0 heterocycles. The summed E-state index contributed by atoms with van der Waals surface area (Å²) in [4.78, 5) is 9.82. The first-order valence-electron chi connectivity index (χ1n) is 3.84. The van der Waals surface area contributed by atoms with Gasteiger partial charge in [-0.05, 0) is 13.0 Å². The van der Waals surface area contributed by atoms with E-state index >= 15 is 0 Å². The number of esters is 1. The molecule has 0 aromatic rings. The third-order valence-corrected chi connectivity index (χ3v) is 0.348. The second kappa shape index (κ2) is 16.8. The zero-order valence-electron chi connectivity index (χ0n) is 8.63. The Morgan fingerprint density at radius 3 is 1.75 bits per heavy atom. The first-order valence-corrected chi connectivity index (χ1v) is 3.84. The fourth-order valence-corrected chi connectivity index (χ4v) is 0.203. The molecule has 0 radical (unpaired) electrons. The van der Waals surface area contributed by atoms with Crippen molar-refractivity contribution in [1.82, 2.24) is 0 Å². The van der Waals surface area contributed by atoms with E-state index in [0.717, 1.165) is 7.11 Å². The molecule has 4 heteroatoms. The molecule has 0 spiro atoms. The van der Waals surface area contributed by atoms with E-state index in [1.165, 1.54) is 6.92 Å². The molecule has 12 heavy (non-hydrogen) atoms. The van der Waals surface area contributed by atoms with Crippen molar-refractivity contribution in [2.45, 2.75) is 33.7 Å². The van der Waals surface area contributed by atoms with E-state index in [1.54, 1.807) is 6.92 Å². The Morgan fingerprint density at radius 1 is 1.50 bits per heavy atom. The third kappa shape index (κ3) is 116. The first kappa shape index (κ1) is 17.5. The number of hydrogen-bond acceptors (Lipinski definition) is 4. The minimum atomic E-state index is -0.211. The van der Waals surface area contributed by atoms with Crippen LogP contribution in [0.5, 0.6) is 0 Å². The Hall–Kier alpha value is -0.610. The molecule has 0 aromatic heterocycles. The summed E-state index contributed by atoms with van der Waals surface area (Å²) in [6.07, 6.45) is 0. The summed E-state index contributed by atoms with van der Waals surface area (Å²) < 4.78 is 4.40. The van der Waals surface area contributed by atoms with Crippen LogP contribution >= 0.6 is 0 Å². The van der Waals surface area contributed by atoms with Crippen LogP contribution in [0, 0.1) is 0 Å². The number of nitrogens with two attached hydrogens (primary N) is 1. The molecule has 4 nitrogen and oxygen atoms in total. The van der Waals surface area contributed by atoms with Gasteiger partial charge in [-0.3, -0.25) is 4.79 Å². The summed E-state index contributed by atoms with van der Waals surface area (Å²) in [5, 5.41) is 7.00. The quantitative estimate of drug-likeness (QED) is 0.576. The number of aliphatic hydroxyl groups is 1. The molecule has 3 N–H and O–H groups in total. The highest BCUT2D eigenvalue weighted by atomic mass is 16.5. The maximum Gasteiger partial charge on any atom is 0.302 e. The summed E-state index contributed by atoms with van der Waals surface area (Å²) in [5.41, 5.74) is 5.11. The molecule has 0 aromatic carbocycles. The van der Waals surface area contributed by atoms with Crippen molar-refractivity contribution in [3.63, 3.8) is 0 Å². The van der Waals surface area contributed by atoms with Crippen LogP contribution < -0.4 is 5.73 Å². The standard InChI is InChI=1S/C4H8O2.C3H9N.CH4O/c1-3-6-4(2)5;1-3(2)4;1-2/h3H2,1-2H3;3H,4H2,1-2H3;2H,1H3. The summed E-state index contributed by atoms with van der Waals surface area (Å²) >= 11 is 0. The van der Waals surface area contributed by atoms with Crippen LogP contribution in [0.25, 0.3) is 0 Å². The summed E-state index contributed by atoms with van der Waals surface area (Å²) in [5.74, 6) is -0.211. The highest BCUT2D eigenvalue weighted by Gasteiger charge is 1.81. The summed E-state index contributed by atoms with van der Waals surface area (Å²) in [7, 11) is 1.00. The lowest BCUT2D eigenvalue weighted by molar-refractivity contribution is -0.140. The molecule has 0 unspecified atom stereocenters. The Kier molecular flexibility index (Phi) is 24.4. The van der Waals surface area contributed by atoms with E-state index in [4.69, 9.17) is 10.8 Å². The normalized spacial score (nSPS) is 7.33. The van der Waals surface area contributed by atoms with Crippen molar-refractivity contribution in [2.75, 3.05) is 13.7 Å². The number of rotatable bonds is 1. The molecule has 0 saturated heterocycles. The van der Waals surface area contributed by atoms with Gasteiger partial charge < -0.3 is 15.6 Å². The van der Waals surface area contributed by atoms with Crippen molar-refractivity contribution < 1.29 is 14.6 Å². The fraction of sp³-hybridized carbons (Fsp3) is 0.875. The maximum absolute atomic E-state index is 9.82. The molecule has 0 atom stereocenters. The van der Waals surface area contributed by atoms with Gasteiger partial charge >= 0.3 is 5.97 Å². The van der Waals surface area contributed by atoms with Gasteiger partial charge in [-0.15, -0.1) is 0 Å². The van der Waals surface area contributed by atoms with Crippen molar-refractivity contribution in [2.24, 2.45) is 5.73 Å². The van der Waals surface area contributed by atoms with E-state index in [1.807, 2.05) is 13.8 Å². The number of hydrogen-bond donors (Lipinski definition) is 2. The van der Waals surface area contributed by atoms with Gasteiger partial charge in [0.15, 0.2) is 0 Å². The largest absolute Gasteiger partial charge is 0.466 e. The zero-order valence-corrected chi connectivity index (χ0v) is 8.63. The van der Waals surface area contributed by atoms with Gasteiger partial charge in [-0.25, -0.2) is 0 Å². The number of ether oxygens (including phenoxy) is 1. The molecule has 0 saturated carbocycles. The van der Waals surface area contributed by atoms with Crippen LogP contribution in [-0.2, 0) is 9.53 Å². The second-order valence-electron chi connectivity index (χ2n) is 2.17. The van der Waals surface area contributed by atoms with Crippen molar-refractivity contribution in [1.29, 1.82) is 0 Å². The fourth-order valence-electron chi connectivity index (χ4n) is 0.203. The number of carbonyl (C=O) groups excluding carboxylic acids is 1. The monoisotopic (exact) mass is 179 g/mol. The topological polar surface area (TPSA) is 72.5 Å². The smallest absolute Gasteiger partial charge is 0.302 e. The van der Waals surface area contributed by atoms with E-state index in [9.17, 15) is 4.79 Å². The lowest BCUT2D eigenvalue weighted by Gasteiger charge is -1.89. The molecule has 0 aliphatic rings. The Bertz CT molecular complexity index is 81.6. The van der Waals surface area contributed by atoms with Crippen LogP contribution in [0.1, 0.15) is 27.7 Å². The number of aliphatic hydroxyl groups excluding tert-OH is 1. The lowest BCUT2D eigenvalue weighted by Crippen LogP contribution is -2.06. The van der Waals surface area contributed by atoms with Crippen molar-refractivity contribution in [3.05, 3.63) is 0 Å². The molecule has 0 fully saturated rings. The molecule has 0 amide bonds. The van der Waals surface area contributed by atoms with Crippen LogP contribution in [0.2, 0.25) is 0 Å². The molecular weight excluding hydrogens is 158 g/mol. The van der Waals surface area contributed by atoms with E-state index in [2.05, 4.69) is 4.74 Å². The van der Waals surface area contributed by atoms with Gasteiger partial charge in [-0.2, -0.15) is 0 Å². The molecule has 76 valence electrons. The average molecular weight is 179 g/mol. The highest BCUT2D eigenvalue weighted by molar-refractivity contribution is 5.65. The molecule has 0 bridgehead atoms.